The molecule has 4 nitrogen and oxygen atoms in total. The van der Waals surface area contributed by atoms with Crippen LogP contribution in [0.25, 0.3) is 0 Å². The SMILES string of the molecule is CCc1ccc(C2CNCCN2C(=O)COC)cc1.Cl. The van der Waals surface area contributed by atoms with Gasteiger partial charge in [-0.1, -0.05) is 31.2 Å². The van der Waals surface area contributed by atoms with Crippen molar-refractivity contribution >= 4 is 18.3 Å². The number of piperazine rings is 1. The summed E-state index contributed by atoms with van der Waals surface area (Å²) >= 11 is 0. The van der Waals surface area contributed by atoms with E-state index in [9.17, 15) is 4.79 Å². The molecule has 0 radical (unpaired) electrons. The molecule has 1 aliphatic rings. The van der Waals surface area contributed by atoms with Crippen molar-refractivity contribution in [2.75, 3.05) is 33.4 Å². The van der Waals surface area contributed by atoms with Crippen molar-refractivity contribution in [3.05, 3.63) is 35.4 Å². The largest absolute Gasteiger partial charge is 0.375 e. The normalized spacial score (nSPS) is 18.5. The first-order valence-electron chi connectivity index (χ1n) is 6.84. The number of ether oxygens (including phenoxy) is 1. The average molecular weight is 299 g/mol. The first kappa shape index (κ1) is 17.0. The van der Waals surface area contributed by atoms with Crippen molar-refractivity contribution in [2.24, 2.45) is 0 Å². The molecule has 1 heterocycles. The number of hydrogen-bond acceptors (Lipinski definition) is 3. The van der Waals surface area contributed by atoms with Crippen LogP contribution in [-0.4, -0.2) is 44.2 Å². The lowest BCUT2D eigenvalue weighted by molar-refractivity contribution is -0.138. The Hall–Kier alpha value is -1.10. The molecule has 1 saturated heterocycles. The summed E-state index contributed by atoms with van der Waals surface area (Å²) in [6.45, 7) is 4.69. The average Bonchev–Trinajstić information content (AvgIpc) is 2.47. The van der Waals surface area contributed by atoms with Gasteiger partial charge in [-0.25, -0.2) is 0 Å². The number of rotatable bonds is 4. The third-order valence-corrected chi connectivity index (χ3v) is 3.60. The van der Waals surface area contributed by atoms with E-state index in [1.165, 1.54) is 11.1 Å². The van der Waals surface area contributed by atoms with Gasteiger partial charge in [-0.2, -0.15) is 0 Å². The lowest BCUT2D eigenvalue weighted by Crippen LogP contribution is -2.49. The summed E-state index contributed by atoms with van der Waals surface area (Å²) in [6, 6.07) is 8.65. The van der Waals surface area contributed by atoms with E-state index in [-0.39, 0.29) is 31.0 Å². The molecule has 1 fully saturated rings. The summed E-state index contributed by atoms with van der Waals surface area (Å²) in [4.78, 5) is 14.0. The maximum atomic E-state index is 12.1. The fraction of sp³-hybridized carbons (Fsp3) is 0.533. The molecular weight excluding hydrogens is 276 g/mol. The van der Waals surface area contributed by atoms with Gasteiger partial charge in [0.15, 0.2) is 0 Å². The molecule has 1 aromatic carbocycles. The lowest BCUT2D eigenvalue weighted by atomic mass is 10.0. The molecule has 20 heavy (non-hydrogen) atoms. The third-order valence-electron chi connectivity index (χ3n) is 3.60. The predicted molar refractivity (Wildman–Crippen MR) is 82.3 cm³/mol. The standard InChI is InChI=1S/C15H22N2O2.ClH/c1-3-12-4-6-13(7-5-12)14-10-16-8-9-17(14)15(18)11-19-2;/h4-7,14,16H,3,8-11H2,1-2H3;1H. The topological polar surface area (TPSA) is 41.6 Å². The van der Waals surface area contributed by atoms with E-state index in [1.807, 2.05) is 4.90 Å². The number of methoxy groups -OCH3 is 1. The van der Waals surface area contributed by atoms with Gasteiger partial charge < -0.3 is 15.0 Å². The zero-order chi connectivity index (χ0) is 13.7. The maximum Gasteiger partial charge on any atom is 0.249 e. The van der Waals surface area contributed by atoms with Gasteiger partial charge in [-0.15, -0.1) is 12.4 Å². The number of hydrogen-bond donors (Lipinski definition) is 1. The molecule has 0 spiro atoms. The van der Waals surface area contributed by atoms with E-state index in [4.69, 9.17) is 4.74 Å². The number of carbonyl (C=O) groups is 1. The fourth-order valence-electron chi connectivity index (χ4n) is 2.48. The Morgan fingerprint density at radius 3 is 2.70 bits per heavy atom. The van der Waals surface area contributed by atoms with Crippen LogP contribution < -0.4 is 5.32 Å². The van der Waals surface area contributed by atoms with E-state index < -0.39 is 0 Å². The molecule has 0 saturated carbocycles. The number of benzene rings is 1. The van der Waals surface area contributed by atoms with Crippen LogP contribution >= 0.6 is 12.4 Å². The van der Waals surface area contributed by atoms with E-state index in [0.717, 1.165) is 26.1 Å². The predicted octanol–water partition coefficient (Wildman–Crippen LogP) is 1.79. The summed E-state index contributed by atoms with van der Waals surface area (Å²) in [6.07, 6.45) is 1.04. The van der Waals surface area contributed by atoms with Gasteiger partial charge in [0.1, 0.15) is 6.61 Å². The molecule has 1 unspecified atom stereocenters. The van der Waals surface area contributed by atoms with Crippen LogP contribution in [0.15, 0.2) is 24.3 Å². The van der Waals surface area contributed by atoms with Crippen molar-refractivity contribution in [3.8, 4) is 0 Å². The number of nitrogens with zero attached hydrogens (tertiary/aromatic N) is 1. The zero-order valence-electron chi connectivity index (χ0n) is 12.1. The second kappa shape index (κ2) is 8.25. The fourth-order valence-corrected chi connectivity index (χ4v) is 2.48. The monoisotopic (exact) mass is 298 g/mol. The highest BCUT2D eigenvalue weighted by atomic mass is 35.5. The van der Waals surface area contributed by atoms with E-state index in [2.05, 4.69) is 36.5 Å². The lowest BCUT2D eigenvalue weighted by Gasteiger charge is -2.36. The number of aryl methyl sites for hydroxylation is 1. The molecule has 5 heteroatoms. The van der Waals surface area contributed by atoms with Crippen molar-refractivity contribution in [1.29, 1.82) is 0 Å². The van der Waals surface area contributed by atoms with Gasteiger partial charge in [0, 0.05) is 26.7 Å². The van der Waals surface area contributed by atoms with Crippen LogP contribution in [0.2, 0.25) is 0 Å². The quantitative estimate of drug-likeness (QED) is 0.921. The summed E-state index contributed by atoms with van der Waals surface area (Å²) in [7, 11) is 1.56. The highest BCUT2D eigenvalue weighted by Crippen LogP contribution is 2.22. The number of nitrogens with one attached hydrogen (secondary N) is 1. The van der Waals surface area contributed by atoms with Gasteiger partial charge in [0.2, 0.25) is 5.91 Å². The van der Waals surface area contributed by atoms with Crippen LogP contribution in [0, 0.1) is 0 Å². The molecule has 1 aromatic rings. The van der Waals surface area contributed by atoms with Crippen LogP contribution in [-0.2, 0) is 16.0 Å². The van der Waals surface area contributed by atoms with Gasteiger partial charge in [-0.05, 0) is 17.5 Å². The highest BCUT2D eigenvalue weighted by Gasteiger charge is 2.27. The molecule has 1 N–H and O–H groups in total. The van der Waals surface area contributed by atoms with Gasteiger partial charge in [-0.3, -0.25) is 4.79 Å². The van der Waals surface area contributed by atoms with E-state index in [0.29, 0.717) is 0 Å². The van der Waals surface area contributed by atoms with Gasteiger partial charge in [0.25, 0.3) is 0 Å². The first-order chi connectivity index (χ1) is 9.26. The molecule has 112 valence electrons. The summed E-state index contributed by atoms with van der Waals surface area (Å²) in [5, 5.41) is 3.35. The minimum atomic E-state index is 0. The molecule has 1 atom stereocenters. The summed E-state index contributed by atoms with van der Waals surface area (Å²) < 4.78 is 4.97. The minimum Gasteiger partial charge on any atom is -0.375 e. The molecule has 0 bridgehead atoms. The summed E-state index contributed by atoms with van der Waals surface area (Å²) in [5.74, 6) is 0.0635. The first-order valence-corrected chi connectivity index (χ1v) is 6.84. The minimum absolute atomic E-state index is 0. The van der Waals surface area contributed by atoms with Crippen LogP contribution in [0.3, 0.4) is 0 Å². The van der Waals surface area contributed by atoms with Gasteiger partial charge in [0.05, 0.1) is 6.04 Å². The third kappa shape index (κ3) is 3.95. The van der Waals surface area contributed by atoms with Gasteiger partial charge >= 0.3 is 0 Å². The zero-order valence-corrected chi connectivity index (χ0v) is 12.9. The Morgan fingerprint density at radius 1 is 1.40 bits per heavy atom. The maximum absolute atomic E-state index is 12.1. The van der Waals surface area contributed by atoms with Crippen LogP contribution in [0.4, 0.5) is 0 Å². The molecule has 1 aliphatic heterocycles. The molecule has 0 aromatic heterocycles. The number of halogens is 1. The van der Waals surface area contributed by atoms with Crippen molar-refractivity contribution < 1.29 is 9.53 Å². The molecular formula is C15H23ClN2O2. The molecule has 2 rings (SSSR count). The van der Waals surface area contributed by atoms with Crippen molar-refractivity contribution in [1.82, 2.24) is 10.2 Å². The van der Waals surface area contributed by atoms with E-state index in [1.54, 1.807) is 7.11 Å². The Kier molecular flexibility index (Phi) is 6.99. The van der Waals surface area contributed by atoms with Crippen molar-refractivity contribution in [2.45, 2.75) is 19.4 Å². The Balaban J connectivity index is 0.00000200. The van der Waals surface area contributed by atoms with Crippen LogP contribution in [0.1, 0.15) is 24.1 Å². The Morgan fingerprint density at radius 2 is 2.10 bits per heavy atom. The van der Waals surface area contributed by atoms with Crippen LogP contribution in [0.5, 0.6) is 0 Å². The van der Waals surface area contributed by atoms with Crippen molar-refractivity contribution in [3.63, 3.8) is 0 Å². The highest BCUT2D eigenvalue weighted by molar-refractivity contribution is 5.85. The number of carbonyl (C=O) groups excluding carboxylic acids is 1. The summed E-state index contributed by atoms with van der Waals surface area (Å²) in [5.41, 5.74) is 2.51. The molecule has 1 amide bonds. The second-order valence-corrected chi connectivity index (χ2v) is 4.84. The Bertz CT molecular complexity index is 422. The van der Waals surface area contributed by atoms with E-state index >= 15 is 0 Å². The number of amides is 1. The Labute approximate surface area is 126 Å². The smallest absolute Gasteiger partial charge is 0.249 e. The molecule has 0 aliphatic carbocycles. The second-order valence-electron chi connectivity index (χ2n) is 4.84.